The molecule has 0 saturated heterocycles. The maximum absolute atomic E-state index is 12.8. The Morgan fingerprint density at radius 3 is 2.41 bits per heavy atom. The van der Waals surface area contributed by atoms with Crippen molar-refractivity contribution < 1.29 is 14.3 Å². The lowest BCUT2D eigenvalue weighted by Gasteiger charge is -2.30. The molecule has 0 fully saturated rings. The largest absolute Gasteiger partial charge is 0.493 e. The summed E-state index contributed by atoms with van der Waals surface area (Å²) in [6, 6.07) is 16.4. The van der Waals surface area contributed by atoms with E-state index in [0.717, 1.165) is 27.7 Å². The van der Waals surface area contributed by atoms with Gasteiger partial charge in [0.25, 0.3) is 0 Å². The number of carbonyl (C=O) groups is 1. The molecule has 1 heterocycles. The molecule has 0 atom stereocenters. The van der Waals surface area contributed by atoms with Crippen molar-refractivity contribution in [1.29, 1.82) is 0 Å². The molecule has 0 radical (unpaired) electrons. The number of carbonyl (C=O) groups excluding carboxylic acids is 1. The van der Waals surface area contributed by atoms with Gasteiger partial charge in [0.05, 0.1) is 19.2 Å². The molecule has 2 aromatic carbocycles. The lowest BCUT2D eigenvalue weighted by molar-refractivity contribution is -0.115. The number of rotatable bonds is 11. The van der Waals surface area contributed by atoms with Crippen LogP contribution in [-0.4, -0.2) is 48.1 Å². The molecule has 1 aromatic heterocycles. The van der Waals surface area contributed by atoms with Crippen molar-refractivity contribution in [2.75, 3.05) is 25.6 Å². The van der Waals surface area contributed by atoms with Crippen LogP contribution in [0.1, 0.15) is 38.3 Å². The SMILES string of the molecule is COc1ccc(NC(=O)Cc2sc(-c3ccccc3)nc2C)cc1OCCN(C(C)C)C(C)C. The van der Waals surface area contributed by atoms with Gasteiger partial charge in [-0.3, -0.25) is 9.69 Å². The zero-order valence-electron chi connectivity index (χ0n) is 20.9. The third kappa shape index (κ3) is 6.81. The summed E-state index contributed by atoms with van der Waals surface area (Å²) in [6.45, 7) is 12.0. The third-order valence-electron chi connectivity index (χ3n) is 5.62. The van der Waals surface area contributed by atoms with Gasteiger partial charge in [-0.2, -0.15) is 0 Å². The van der Waals surface area contributed by atoms with Gasteiger partial charge in [0.15, 0.2) is 11.5 Å². The van der Waals surface area contributed by atoms with Crippen molar-refractivity contribution in [1.82, 2.24) is 9.88 Å². The van der Waals surface area contributed by atoms with Crippen molar-refractivity contribution in [2.45, 2.75) is 53.1 Å². The second-order valence-electron chi connectivity index (χ2n) is 8.76. The minimum absolute atomic E-state index is 0.0896. The Bertz CT molecular complexity index is 1070. The van der Waals surface area contributed by atoms with E-state index in [1.807, 2.05) is 55.5 Å². The standard InChI is InChI=1S/C27H35N3O3S/c1-18(2)30(19(3)4)14-15-33-24-16-22(12-13-23(24)32-6)29-26(31)17-25-20(5)28-27(34-25)21-10-8-7-9-11-21/h7-13,16,18-19H,14-15,17H2,1-6H3,(H,29,31). The van der Waals surface area contributed by atoms with Crippen molar-refractivity contribution in [3.8, 4) is 22.1 Å². The quantitative estimate of drug-likeness (QED) is 0.375. The molecule has 6 nitrogen and oxygen atoms in total. The highest BCUT2D eigenvalue weighted by molar-refractivity contribution is 7.15. The van der Waals surface area contributed by atoms with E-state index in [9.17, 15) is 4.79 Å². The monoisotopic (exact) mass is 481 g/mol. The molecule has 0 bridgehead atoms. The molecule has 1 N–H and O–H groups in total. The molecule has 0 unspecified atom stereocenters. The van der Waals surface area contributed by atoms with Crippen LogP contribution in [0.15, 0.2) is 48.5 Å². The number of amides is 1. The Morgan fingerprint density at radius 2 is 1.76 bits per heavy atom. The number of aryl methyl sites for hydroxylation is 1. The Kier molecular flexibility index (Phi) is 9.07. The van der Waals surface area contributed by atoms with Gasteiger partial charge in [0.1, 0.15) is 11.6 Å². The fraction of sp³-hybridized carbons (Fsp3) is 0.407. The smallest absolute Gasteiger partial charge is 0.229 e. The Balaban J connectivity index is 1.64. The molecule has 0 aliphatic carbocycles. The van der Waals surface area contributed by atoms with E-state index < -0.39 is 0 Å². The van der Waals surface area contributed by atoms with Crippen LogP contribution in [0.4, 0.5) is 5.69 Å². The first kappa shape index (κ1) is 25.7. The minimum Gasteiger partial charge on any atom is -0.493 e. The Hall–Kier alpha value is -2.90. The Morgan fingerprint density at radius 1 is 1.06 bits per heavy atom. The van der Waals surface area contributed by atoms with Gasteiger partial charge in [0.2, 0.25) is 5.91 Å². The summed E-state index contributed by atoms with van der Waals surface area (Å²) in [5.74, 6) is 1.17. The average Bonchev–Trinajstić information content (AvgIpc) is 3.17. The van der Waals surface area contributed by atoms with Gasteiger partial charge in [-0.15, -0.1) is 11.3 Å². The average molecular weight is 482 g/mol. The van der Waals surface area contributed by atoms with E-state index in [4.69, 9.17) is 9.47 Å². The van der Waals surface area contributed by atoms with E-state index in [2.05, 4.69) is 42.9 Å². The first-order valence-electron chi connectivity index (χ1n) is 11.7. The number of hydrogen-bond acceptors (Lipinski definition) is 6. The van der Waals surface area contributed by atoms with Crippen molar-refractivity contribution in [3.05, 3.63) is 59.1 Å². The van der Waals surface area contributed by atoms with Crippen molar-refractivity contribution in [3.63, 3.8) is 0 Å². The second-order valence-corrected chi connectivity index (χ2v) is 9.84. The number of ether oxygens (including phenoxy) is 2. The first-order chi connectivity index (χ1) is 16.3. The van der Waals surface area contributed by atoms with E-state index in [-0.39, 0.29) is 12.3 Å². The number of nitrogens with zero attached hydrogens (tertiary/aromatic N) is 2. The van der Waals surface area contributed by atoms with Crippen LogP contribution in [0.2, 0.25) is 0 Å². The zero-order chi connectivity index (χ0) is 24.7. The van der Waals surface area contributed by atoms with E-state index >= 15 is 0 Å². The summed E-state index contributed by atoms with van der Waals surface area (Å²) in [5, 5.41) is 3.92. The number of hydrogen-bond donors (Lipinski definition) is 1. The van der Waals surface area contributed by atoms with Crippen LogP contribution in [-0.2, 0) is 11.2 Å². The zero-order valence-corrected chi connectivity index (χ0v) is 21.7. The van der Waals surface area contributed by atoms with Gasteiger partial charge in [0, 0.05) is 40.8 Å². The summed E-state index contributed by atoms with van der Waals surface area (Å²) < 4.78 is 11.5. The molecule has 182 valence electrons. The molecule has 0 aliphatic heterocycles. The molecule has 1 amide bonds. The van der Waals surface area contributed by atoms with Gasteiger partial charge < -0.3 is 14.8 Å². The number of aromatic nitrogens is 1. The van der Waals surface area contributed by atoms with Gasteiger partial charge >= 0.3 is 0 Å². The topological polar surface area (TPSA) is 63.7 Å². The number of thiazole rings is 1. The summed E-state index contributed by atoms with van der Waals surface area (Å²) in [4.78, 5) is 20.8. The normalized spacial score (nSPS) is 11.3. The summed E-state index contributed by atoms with van der Waals surface area (Å²) >= 11 is 1.56. The first-order valence-corrected chi connectivity index (χ1v) is 12.5. The van der Waals surface area contributed by atoms with Gasteiger partial charge in [-0.05, 0) is 46.8 Å². The summed E-state index contributed by atoms with van der Waals surface area (Å²) in [7, 11) is 1.62. The highest BCUT2D eigenvalue weighted by Gasteiger charge is 2.16. The molecule has 0 saturated carbocycles. The number of nitrogens with one attached hydrogen (secondary N) is 1. The van der Waals surface area contributed by atoms with Crippen LogP contribution < -0.4 is 14.8 Å². The summed E-state index contributed by atoms with van der Waals surface area (Å²) in [6.07, 6.45) is 0.274. The van der Waals surface area contributed by atoms with Crippen LogP contribution in [0, 0.1) is 6.92 Å². The van der Waals surface area contributed by atoms with Crippen molar-refractivity contribution in [2.24, 2.45) is 0 Å². The molecule has 3 aromatic rings. The Labute approximate surface area is 206 Å². The van der Waals surface area contributed by atoms with Gasteiger partial charge in [-0.1, -0.05) is 30.3 Å². The van der Waals surface area contributed by atoms with Crippen LogP contribution >= 0.6 is 11.3 Å². The fourth-order valence-corrected chi connectivity index (χ4v) is 4.95. The highest BCUT2D eigenvalue weighted by Crippen LogP contribution is 2.31. The minimum atomic E-state index is -0.0896. The molecule has 7 heteroatoms. The number of anilines is 1. The van der Waals surface area contributed by atoms with Crippen molar-refractivity contribution >= 4 is 22.9 Å². The molecular weight excluding hydrogens is 446 g/mol. The predicted molar refractivity (Wildman–Crippen MR) is 140 cm³/mol. The number of benzene rings is 2. The predicted octanol–water partition coefficient (Wildman–Crippen LogP) is 5.81. The van der Waals surface area contributed by atoms with E-state index in [1.165, 1.54) is 0 Å². The molecule has 34 heavy (non-hydrogen) atoms. The summed E-state index contributed by atoms with van der Waals surface area (Å²) in [5.41, 5.74) is 2.63. The van der Waals surface area contributed by atoms with E-state index in [1.54, 1.807) is 18.4 Å². The maximum atomic E-state index is 12.8. The van der Waals surface area contributed by atoms with Gasteiger partial charge in [-0.25, -0.2) is 4.98 Å². The fourth-order valence-electron chi connectivity index (χ4n) is 3.89. The van der Waals surface area contributed by atoms with Crippen LogP contribution in [0.3, 0.4) is 0 Å². The van der Waals surface area contributed by atoms with Crippen LogP contribution in [0.5, 0.6) is 11.5 Å². The highest BCUT2D eigenvalue weighted by atomic mass is 32.1. The lowest BCUT2D eigenvalue weighted by atomic mass is 10.2. The lowest BCUT2D eigenvalue weighted by Crippen LogP contribution is -2.39. The molecule has 0 spiro atoms. The molecule has 0 aliphatic rings. The van der Waals surface area contributed by atoms with E-state index in [0.29, 0.717) is 35.9 Å². The molecular formula is C27H35N3O3S. The van der Waals surface area contributed by atoms with Crippen LogP contribution in [0.25, 0.3) is 10.6 Å². The third-order valence-corrected chi connectivity index (χ3v) is 6.82. The maximum Gasteiger partial charge on any atom is 0.229 e. The number of methoxy groups -OCH3 is 1. The second kappa shape index (κ2) is 12.0. The molecule has 3 rings (SSSR count).